The third-order valence-electron chi connectivity index (χ3n) is 5.12. The quantitative estimate of drug-likeness (QED) is 0.607. The van der Waals surface area contributed by atoms with Crippen LogP contribution in [-0.2, 0) is 4.74 Å². The molecule has 2 aliphatic rings. The van der Waals surface area contributed by atoms with Crippen LogP contribution in [0.3, 0.4) is 0 Å². The number of aryl methyl sites for hydroxylation is 1. The molecule has 0 spiro atoms. The molecule has 1 aromatic heterocycles. The second kappa shape index (κ2) is 7.90. The van der Waals surface area contributed by atoms with Crippen molar-refractivity contribution >= 4 is 11.5 Å². The average Bonchev–Trinajstić information content (AvgIpc) is 2.61. The predicted octanol–water partition coefficient (Wildman–Crippen LogP) is 2.24. The molecule has 0 amide bonds. The minimum Gasteiger partial charge on any atom is -0.379 e. The summed E-state index contributed by atoms with van der Waals surface area (Å²) in [4.78, 5) is 19.5. The first-order valence-electron chi connectivity index (χ1n) is 8.79. The van der Waals surface area contributed by atoms with E-state index in [1.165, 1.54) is 32.0 Å². The molecule has 0 aliphatic carbocycles. The zero-order valence-electron chi connectivity index (χ0n) is 14.3. The lowest BCUT2D eigenvalue weighted by molar-refractivity contribution is -0.385. The molecule has 2 aliphatic heterocycles. The van der Waals surface area contributed by atoms with Crippen molar-refractivity contribution in [2.45, 2.75) is 26.2 Å². The summed E-state index contributed by atoms with van der Waals surface area (Å²) in [5.41, 5.74) is 0.951. The first kappa shape index (κ1) is 17.1. The van der Waals surface area contributed by atoms with Gasteiger partial charge in [-0.25, -0.2) is 4.98 Å². The van der Waals surface area contributed by atoms with Gasteiger partial charge in [0.15, 0.2) is 0 Å². The summed E-state index contributed by atoms with van der Waals surface area (Å²) in [5, 5.41) is 10.8. The van der Waals surface area contributed by atoms with Crippen LogP contribution in [0.1, 0.15) is 24.8 Å². The minimum atomic E-state index is -0.387. The largest absolute Gasteiger partial charge is 0.379 e. The number of nitro groups is 1. The molecule has 2 saturated heterocycles. The Balaban J connectivity index is 1.48. The lowest BCUT2D eigenvalue weighted by Crippen LogP contribution is -2.39. The average molecular weight is 334 g/mol. The van der Waals surface area contributed by atoms with Crippen LogP contribution in [0.2, 0.25) is 0 Å². The molecule has 0 N–H and O–H groups in total. The van der Waals surface area contributed by atoms with Crippen molar-refractivity contribution in [2.75, 3.05) is 50.8 Å². The number of ether oxygens (including phenoxy) is 1. The fraction of sp³-hybridized carbons (Fsp3) is 0.706. The van der Waals surface area contributed by atoms with E-state index in [9.17, 15) is 10.1 Å². The highest BCUT2D eigenvalue weighted by molar-refractivity contribution is 5.50. The number of aromatic nitrogens is 1. The number of pyridine rings is 1. The normalized spacial score (nSPS) is 20.3. The maximum atomic E-state index is 10.8. The Morgan fingerprint density at radius 3 is 2.62 bits per heavy atom. The number of rotatable bonds is 5. The summed E-state index contributed by atoms with van der Waals surface area (Å²) in [6.07, 6.45) is 4.96. The number of hydrogen-bond donors (Lipinski definition) is 0. The fourth-order valence-corrected chi connectivity index (χ4v) is 3.61. The standard InChI is InChI=1S/C17H26N4O3/c1-14-12-16(21(22)23)13-18-17(14)20-6-3-15(4-7-20)2-5-19-8-10-24-11-9-19/h12-13,15H,2-11H2,1H3. The number of anilines is 1. The predicted molar refractivity (Wildman–Crippen MR) is 92.4 cm³/mol. The van der Waals surface area contributed by atoms with E-state index in [1.54, 1.807) is 6.07 Å². The second-order valence-electron chi connectivity index (χ2n) is 6.76. The SMILES string of the molecule is Cc1cc([N+](=O)[O-])cnc1N1CCC(CCN2CCOCC2)CC1. The van der Waals surface area contributed by atoms with Crippen molar-refractivity contribution in [1.29, 1.82) is 0 Å². The molecule has 0 radical (unpaired) electrons. The van der Waals surface area contributed by atoms with Crippen molar-refractivity contribution in [3.63, 3.8) is 0 Å². The summed E-state index contributed by atoms with van der Waals surface area (Å²) in [6, 6.07) is 1.62. The van der Waals surface area contributed by atoms with Gasteiger partial charge in [-0.15, -0.1) is 0 Å². The highest BCUT2D eigenvalue weighted by Gasteiger charge is 2.23. The zero-order valence-corrected chi connectivity index (χ0v) is 14.3. The molecule has 132 valence electrons. The molecule has 0 unspecified atom stereocenters. The van der Waals surface area contributed by atoms with Gasteiger partial charge < -0.3 is 9.64 Å². The molecule has 7 heteroatoms. The Bertz CT molecular complexity index is 567. The summed E-state index contributed by atoms with van der Waals surface area (Å²) in [6.45, 7) is 8.89. The van der Waals surface area contributed by atoms with Gasteiger partial charge in [-0.1, -0.05) is 0 Å². The topological polar surface area (TPSA) is 71.7 Å². The van der Waals surface area contributed by atoms with Crippen LogP contribution in [0, 0.1) is 23.0 Å². The van der Waals surface area contributed by atoms with Crippen LogP contribution in [0.5, 0.6) is 0 Å². The van der Waals surface area contributed by atoms with Gasteiger partial charge in [0.2, 0.25) is 0 Å². The van der Waals surface area contributed by atoms with Gasteiger partial charge in [0.05, 0.1) is 18.1 Å². The fourth-order valence-electron chi connectivity index (χ4n) is 3.61. The Morgan fingerprint density at radius 1 is 1.29 bits per heavy atom. The van der Waals surface area contributed by atoms with Crippen molar-refractivity contribution in [3.8, 4) is 0 Å². The third-order valence-corrected chi connectivity index (χ3v) is 5.12. The van der Waals surface area contributed by atoms with Crippen LogP contribution in [0.4, 0.5) is 11.5 Å². The molecule has 24 heavy (non-hydrogen) atoms. The molecule has 0 saturated carbocycles. The first-order valence-corrected chi connectivity index (χ1v) is 8.79. The molecule has 7 nitrogen and oxygen atoms in total. The number of nitrogens with zero attached hydrogens (tertiary/aromatic N) is 4. The summed E-state index contributed by atoms with van der Waals surface area (Å²) < 4.78 is 5.39. The summed E-state index contributed by atoms with van der Waals surface area (Å²) in [5.74, 6) is 1.66. The smallest absolute Gasteiger partial charge is 0.287 e. The second-order valence-corrected chi connectivity index (χ2v) is 6.76. The Hall–Kier alpha value is -1.73. The van der Waals surface area contributed by atoms with Crippen LogP contribution >= 0.6 is 0 Å². The van der Waals surface area contributed by atoms with Gasteiger partial charge >= 0.3 is 0 Å². The van der Waals surface area contributed by atoms with E-state index in [-0.39, 0.29) is 10.6 Å². The van der Waals surface area contributed by atoms with Crippen LogP contribution in [0.25, 0.3) is 0 Å². The molecule has 3 heterocycles. The summed E-state index contributed by atoms with van der Waals surface area (Å²) in [7, 11) is 0. The lowest BCUT2D eigenvalue weighted by atomic mass is 9.93. The van der Waals surface area contributed by atoms with E-state index in [4.69, 9.17) is 4.74 Å². The first-order chi connectivity index (χ1) is 11.6. The molecule has 0 bridgehead atoms. The lowest BCUT2D eigenvalue weighted by Gasteiger charge is -2.35. The molecule has 2 fully saturated rings. The Labute approximate surface area is 142 Å². The molecular formula is C17H26N4O3. The van der Waals surface area contributed by atoms with Crippen LogP contribution < -0.4 is 4.90 Å². The van der Waals surface area contributed by atoms with Gasteiger partial charge in [-0.2, -0.15) is 0 Å². The van der Waals surface area contributed by atoms with Crippen molar-refractivity contribution in [1.82, 2.24) is 9.88 Å². The van der Waals surface area contributed by atoms with E-state index in [1.807, 2.05) is 6.92 Å². The highest BCUT2D eigenvalue weighted by Crippen LogP contribution is 2.27. The molecule has 1 aromatic rings. The Morgan fingerprint density at radius 2 is 2.00 bits per heavy atom. The van der Waals surface area contributed by atoms with Crippen molar-refractivity contribution in [3.05, 3.63) is 27.9 Å². The summed E-state index contributed by atoms with van der Waals surface area (Å²) >= 11 is 0. The molecular weight excluding hydrogens is 308 g/mol. The third kappa shape index (κ3) is 4.21. The maximum absolute atomic E-state index is 10.8. The van der Waals surface area contributed by atoms with Crippen LogP contribution in [-0.4, -0.2) is 60.7 Å². The van der Waals surface area contributed by atoms with Crippen molar-refractivity contribution in [2.24, 2.45) is 5.92 Å². The van der Waals surface area contributed by atoms with Gasteiger partial charge in [-0.3, -0.25) is 15.0 Å². The van der Waals surface area contributed by atoms with Gasteiger partial charge in [0.1, 0.15) is 12.0 Å². The number of morpholine rings is 1. The Kier molecular flexibility index (Phi) is 5.63. The van der Waals surface area contributed by atoms with E-state index in [2.05, 4.69) is 14.8 Å². The van der Waals surface area contributed by atoms with E-state index in [0.717, 1.165) is 56.7 Å². The zero-order chi connectivity index (χ0) is 16.9. The monoisotopic (exact) mass is 334 g/mol. The van der Waals surface area contributed by atoms with Gasteiger partial charge in [-0.05, 0) is 44.2 Å². The number of hydrogen-bond acceptors (Lipinski definition) is 6. The van der Waals surface area contributed by atoms with E-state index in [0.29, 0.717) is 0 Å². The molecule has 0 atom stereocenters. The maximum Gasteiger partial charge on any atom is 0.287 e. The molecule has 0 aromatic carbocycles. The minimum absolute atomic E-state index is 0.0663. The molecule has 3 rings (SSSR count). The van der Waals surface area contributed by atoms with E-state index >= 15 is 0 Å². The van der Waals surface area contributed by atoms with Gasteiger partial charge in [0.25, 0.3) is 5.69 Å². The van der Waals surface area contributed by atoms with Crippen LogP contribution in [0.15, 0.2) is 12.3 Å². The van der Waals surface area contributed by atoms with Crippen molar-refractivity contribution < 1.29 is 9.66 Å². The number of piperidine rings is 1. The van der Waals surface area contributed by atoms with E-state index < -0.39 is 0 Å². The highest BCUT2D eigenvalue weighted by atomic mass is 16.6. The van der Waals surface area contributed by atoms with Gasteiger partial charge in [0, 0.05) is 32.2 Å².